The number of hydrogen-bond acceptors (Lipinski definition) is 6. The van der Waals surface area contributed by atoms with Crippen LogP contribution >= 0.6 is 24.0 Å². The molecule has 0 N–H and O–H groups in total. The Hall–Kier alpha value is -2.64. The summed E-state index contributed by atoms with van der Waals surface area (Å²) in [5.74, 6) is -1.12. The maximum atomic E-state index is 12.6. The highest BCUT2D eigenvalue weighted by molar-refractivity contribution is 8.26. The molecule has 1 aliphatic rings. The predicted molar refractivity (Wildman–Crippen MR) is 102 cm³/mol. The number of hydrogen-bond donors (Lipinski definition) is 0. The van der Waals surface area contributed by atoms with Crippen LogP contribution in [0.1, 0.15) is 11.3 Å². The number of furan rings is 1. The van der Waals surface area contributed by atoms with E-state index >= 15 is 0 Å². The van der Waals surface area contributed by atoms with Gasteiger partial charge in [0.05, 0.1) is 23.2 Å². The molecule has 26 heavy (non-hydrogen) atoms. The molecule has 1 aliphatic heterocycles. The number of carboxylic acids is 1. The average Bonchev–Trinajstić information content (AvgIpc) is 3.23. The number of carbonyl (C=O) groups is 2. The fourth-order valence-corrected chi connectivity index (χ4v) is 3.80. The molecule has 2 heterocycles. The van der Waals surface area contributed by atoms with Crippen molar-refractivity contribution in [2.45, 2.75) is 12.5 Å². The molecular formula is C19H14NO4S2-. The number of nitrogens with zero attached hydrogens (tertiary/aromatic N) is 1. The lowest BCUT2D eigenvalue weighted by molar-refractivity contribution is -0.310. The van der Waals surface area contributed by atoms with Crippen LogP contribution in [0.2, 0.25) is 0 Å². The first-order chi connectivity index (χ1) is 12.6. The van der Waals surface area contributed by atoms with Gasteiger partial charge in [-0.15, -0.1) is 0 Å². The SMILES string of the molecule is O=C([O-])[C@@H](Cc1ccccc1)N1C(=O)/C(=C/C=C/c2ccco2)SC1=S. The number of aliphatic carboxylic acids is 1. The van der Waals surface area contributed by atoms with Crippen molar-refractivity contribution in [2.75, 3.05) is 0 Å². The van der Waals surface area contributed by atoms with E-state index in [4.69, 9.17) is 16.6 Å². The first kappa shape index (κ1) is 18.2. The number of thioether (sulfide) groups is 1. The molecule has 1 amide bonds. The Morgan fingerprint density at radius 1 is 1.27 bits per heavy atom. The minimum Gasteiger partial charge on any atom is -0.548 e. The molecule has 1 aromatic carbocycles. The van der Waals surface area contributed by atoms with Gasteiger partial charge in [0.25, 0.3) is 5.91 Å². The van der Waals surface area contributed by atoms with Gasteiger partial charge in [0, 0.05) is 0 Å². The van der Waals surface area contributed by atoms with Crippen LogP contribution in [0.4, 0.5) is 0 Å². The Morgan fingerprint density at radius 2 is 2.04 bits per heavy atom. The summed E-state index contributed by atoms with van der Waals surface area (Å²) in [6.45, 7) is 0. The molecule has 132 valence electrons. The number of thiocarbonyl (C=S) groups is 1. The molecule has 5 nitrogen and oxygen atoms in total. The van der Waals surface area contributed by atoms with E-state index in [9.17, 15) is 14.7 Å². The molecule has 2 aromatic rings. The van der Waals surface area contributed by atoms with Crippen molar-refractivity contribution >= 4 is 46.3 Å². The maximum Gasteiger partial charge on any atom is 0.266 e. The van der Waals surface area contributed by atoms with Gasteiger partial charge in [-0.05, 0) is 36.3 Å². The minimum absolute atomic E-state index is 0.130. The van der Waals surface area contributed by atoms with Crippen molar-refractivity contribution in [1.82, 2.24) is 4.90 Å². The first-order valence-electron chi connectivity index (χ1n) is 7.78. The largest absolute Gasteiger partial charge is 0.548 e. The molecule has 0 aliphatic carbocycles. The quantitative estimate of drug-likeness (QED) is 0.562. The Balaban J connectivity index is 1.79. The van der Waals surface area contributed by atoms with Crippen LogP contribution in [0.5, 0.6) is 0 Å². The van der Waals surface area contributed by atoms with Crippen molar-refractivity contribution in [2.24, 2.45) is 0 Å². The molecule has 0 saturated carbocycles. The second kappa shape index (κ2) is 8.16. The Morgan fingerprint density at radius 3 is 2.69 bits per heavy atom. The normalized spacial score (nSPS) is 17.4. The summed E-state index contributed by atoms with van der Waals surface area (Å²) >= 11 is 6.30. The average molecular weight is 384 g/mol. The zero-order valence-electron chi connectivity index (χ0n) is 13.5. The topological polar surface area (TPSA) is 73.6 Å². The van der Waals surface area contributed by atoms with E-state index in [1.54, 1.807) is 48.8 Å². The smallest absolute Gasteiger partial charge is 0.266 e. The van der Waals surface area contributed by atoms with Crippen LogP contribution in [0, 0.1) is 0 Å². The third kappa shape index (κ3) is 4.12. The highest BCUT2D eigenvalue weighted by Crippen LogP contribution is 2.33. The summed E-state index contributed by atoms with van der Waals surface area (Å²) in [6, 6.07) is 11.5. The predicted octanol–water partition coefficient (Wildman–Crippen LogP) is 2.40. The summed E-state index contributed by atoms with van der Waals surface area (Å²) in [6.07, 6.45) is 6.64. The number of carbonyl (C=O) groups excluding carboxylic acids is 2. The molecule has 1 fully saturated rings. The van der Waals surface area contributed by atoms with Crippen LogP contribution < -0.4 is 5.11 Å². The van der Waals surface area contributed by atoms with Crippen molar-refractivity contribution in [1.29, 1.82) is 0 Å². The Bertz CT molecular complexity index is 872. The fourth-order valence-electron chi connectivity index (χ4n) is 2.50. The molecule has 3 rings (SSSR count). The van der Waals surface area contributed by atoms with E-state index < -0.39 is 17.9 Å². The molecule has 7 heteroatoms. The van der Waals surface area contributed by atoms with Crippen LogP contribution in [0.15, 0.2) is 70.2 Å². The van der Waals surface area contributed by atoms with E-state index in [1.807, 2.05) is 18.2 Å². The molecule has 1 saturated heterocycles. The van der Waals surface area contributed by atoms with Crippen molar-refractivity contribution in [3.8, 4) is 0 Å². The van der Waals surface area contributed by atoms with Gasteiger partial charge < -0.3 is 14.3 Å². The number of allylic oxidation sites excluding steroid dienone is 2. The number of amides is 1. The van der Waals surface area contributed by atoms with Gasteiger partial charge in [-0.1, -0.05) is 60.4 Å². The Kier molecular flexibility index (Phi) is 5.70. The molecule has 0 unspecified atom stereocenters. The second-order valence-corrected chi connectivity index (χ2v) is 7.15. The molecular weight excluding hydrogens is 370 g/mol. The van der Waals surface area contributed by atoms with Gasteiger partial charge in [-0.2, -0.15) is 0 Å². The van der Waals surface area contributed by atoms with Crippen molar-refractivity contribution < 1.29 is 19.1 Å². The van der Waals surface area contributed by atoms with Gasteiger partial charge in [-0.25, -0.2) is 0 Å². The first-order valence-corrected chi connectivity index (χ1v) is 9.01. The minimum atomic E-state index is -1.34. The molecule has 1 aromatic heterocycles. The summed E-state index contributed by atoms with van der Waals surface area (Å²) < 4.78 is 5.38. The number of rotatable bonds is 6. The van der Waals surface area contributed by atoms with Crippen LogP contribution in [-0.2, 0) is 16.0 Å². The fraction of sp³-hybridized carbons (Fsp3) is 0.105. The summed E-state index contributed by atoms with van der Waals surface area (Å²) in [4.78, 5) is 25.8. The van der Waals surface area contributed by atoms with Crippen molar-refractivity contribution in [3.05, 3.63) is 77.1 Å². The molecule has 0 radical (unpaired) electrons. The summed E-state index contributed by atoms with van der Waals surface area (Å²) in [5, 5.41) is 11.6. The Labute approximate surface area is 160 Å². The maximum absolute atomic E-state index is 12.6. The molecule has 0 spiro atoms. The zero-order chi connectivity index (χ0) is 18.5. The van der Waals surface area contributed by atoms with Gasteiger partial charge in [-0.3, -0.25) is 9.69 Å². The zero-order valence-corrected chi connectivity index (χ0v) is 15.2. The lowest BCUT2D eigenvalue weighted by Crippen LogP contribution is -2.51. The number of carboxylic acid groups (broad SMARTS) is 1. The van der Waals surface area contributed by atoms with Crippen LogP contribution in [0.3, 0.4) is 0 Å². The second-order valence-electron chi connectivity index (χ2n) is 5.47. The molecule has 0 bridgehead atoms. The van der Waals surface area contributed by atoms with E-state index in [0.717, 1.165) is 22.2 Å². The standard InChI is InChI=1S/C19H15NO4S2/c21-17-16(10-4-8-14-9-5-11-24-14)26-19(25)20(17)15(18(22)23)12-13-6-2-1-3-7-13/h1-11,15H,12H2,(H,22,23)/p-1/b8-4+,16-10-/t15-/m1/s1. The lowest BCUT2D eigenvalue weighted by Gasteiger charge is -2.27. The number of benzene rings is 1. The highest BCUT2D eigenvalue weighted by atomic mass is 32.2. The van der Waals surface area contributed by atoms with Gasteiger partial charge in [0.1, 0.15) is 10.1 Å². The van der Waals surface area contributed by atoms with Crippen molar-refractivity contribution in [3.63, 3.8) is 0 Å². The summed E-state index contributed by atoms with van der Waals surface area (Å²) in [7, 11) is 0. The third-order valence-electron chi connectivity index (χ3n) is 3.73. The van der Waals surface area contributed by atoms with E-state index in [2.05, 4.69) is 0 Å². The highest BCUT2D eigenvalue weighted by Gasteiger charge is 2.37. The van der Waals surface area contributed by atoms with E-state index in [-0.39, 0.29) is 10.7 Å². The van der Waals surface area contributed by atoms with Crippen LogP contribution in [-0.4, -0.2) is 27.1 Å². The van der Waals surface area contributed by atoms with E-state index in [1.165, 1.54) is 0 Å². The van der Waals surface area contributed by atoms with Gasteiger partial charge in [0.15, 0.2) is 0 Å². The third-order valence-corrected chi connectivity index (χ3v) is 5.08. The van der Waals surface area contributed by atoms with Gasteiger partial charge in [0.2, 0.25) is 0 Å². The lowest BCUT2D eigenvalue weighted by atomic mass is 10.0. The monoisotopic (exact) mass is 384 g/mol. The summed E-state index contributed by atoms with van der Waals surface area (Å²) in [5.41, 5.74) is 0.789. The molecule has 1 atom stereocenters. The van der Waals surface area contributed by atoms with E-state index in [0.29, 0.717) is 10.7 Å². The van der Waals surface area contributed by atoms with Gasteiger partial charge >= 0.3 is 0 Å². The van der Waals surface area contributed by atoms with Crippen LogP contribution in [0.25, 0.3) is 6.08 Å².